The maximum Gasteiger partial charge on any atom is 0.416 e. The lowest BCUT2D eigenvalue weighted by molar-refractivity contribution is -0.137. The van der Waals surface area contributed by atoms with Crippen molar-refractivity contribution in [3.8, 4) is 0 Å². The molecule has 3 aromatic rings. The Morgan fingerprint density at radius 3 is 2.28 bits per heavy atom. The van der Waals surface area contributed by atoms with Gasteiger partial charge in [-0.05, 0) is 42.8 Å². The molecule has 1 fully saturated rings. The highest BCUT2D eigenvalue weighted by Crippen LogP contribution is 2.31. The van der Waals surface area contributed by atoms with Crippen molar-refractivity contribution in [1.29, 1.82) is 0 Å². The summed E-state index contributed by atoms with van der Waals surface area (Å²) in [7, 11) is 0. The molecule has 7 nitrogen and oxygen atoms in total. The summed E-state index contributed by atoms with van der Waals surface area (Å²) in [4.78, 5) is 14.5. The highest BCUT2D eigenvalue weighted by molar-refractivity contribution is 6.31. The number of nitrogens with zero attached hydrogens (tertiary/aromatic N) is 4. The van der Waals surface area contributed by atoms with Gasteiger partial charge in [0.25, 0.3) is 0 Å². The largest absolute Gasteiger partial charge is 0.416 e. The SMILES string of the molecule is OC1CCN(c2nc(Nc3cccc(C(F)(F)F)c3)nc(Nc3ccc(F)c(Cl)c3)n2)C1. The Bertz CT molecular complexity index is 1130. The van der Waals surface area contributed by atoms with Crippen molar-refractivity contribution in [3.05, 3.63) is 58.9 Å². The van der Waals surface area contributed by atoms with E-state index in [0.29, 0.717) is 25.2 Å². The molecule has 0 saturated carbocycles. The van der Waals surface area contributed by atoms with Crippen LogP contribution >= 0.6 is 11.6 Å². The monoisotopic (exact) mass is 468 g/mol. The van der Waals surface area contributed by atoms with Crippen LogP contribution in [-0.2, 0) is 6.18 Å². The topological polar surface area (TPSA) is 86.2 Å². The third-order valence-corrected chi connectivity index (χ3v) is 4.98. The maximum atomic E-state index is 13.4. The molecule has 1 aliphatic rings. The van der Waals surface area contributed by atoms with Gasteiger partial charge in [0.2, 0.25) is 17.8 Å². The maximum absolute atomic E-state index is 13.4. The minimum absolute atomic E-state index is 0.00794. The predicted molar refractivity (Wildman–Crippen MR) is 112 cm³/mol. The van der Waals surface area contributed by atoms with Gasteiger partial charge in [0.15, 0.2) is 0 Å². The molecule has 0 spiro atoms. The van der Waals surface area contributed by atoms with Gasteiger partial charge < -0.3 is 20.6 Å². The number of hydrogen-bond donors (Lipinski definition) is 3. The molecule has 1 unspecified atom stereocenters. The Labute approximate surface area is 185 Å². The molecular formula is C20H17ClF4N6O. The van der Waals surface area contributed by atoms with Crippen molar-refractivity contribution >= 4 is 40.8 Å². The average molecular weight is 469 g/mol. The Kier molecular flexibility index (Phi) is 6.02. The van der Waals surface area contributed by atoms with Crippen LogP contribution in [0.5, 0.6) is 0 Å². The van der Waals surface area contributed by atoms with Crippen molar-refractivity contribution in [2.24, 2.45) is 0 Å². The molecule has 1 aromatic heterocycles. The molecule has 1 saturated heterocycles. The second-order valence-corrected chi connectivity index (χ2v) is 7.54. The molecule has 2 aromatic carbocycles. The summed E-state index contributed by atoms with van der Waals surface area (Å²) < 4.78 is 52.5. The van der Waals surface area contributed by atoms with E-state index in [1.807, 2.05) is 0 Å². The van der Waals surface area contributed by atoms with E-state index in [-0.39, 0.29) is 28.6 Å². The fraction of sp³-hybridized carbons (Fsp3) is 0.250. The van der Waals surface area contributed by atoms with Crippen LogP contribution in [0.4, 0.5) is 46.8 Å². The van der Waals surface area contributed by atoms with Crippen molar-refractivity contribution < 1.29 is 22.7 Å². The average Bonchev–Trinajstić information content (AvgIpc) is 3.17. The Morgan fingerprint density at radius 1 is 1.00 bits per heavy atom. The van der Waals surface area contributed by atoms with E-state index in [0.717, 1.165) is 12.1 Å². The predicted octanol–water partition coefficient (Wildman–Crippen LogP) is 4.74. The number of anilines is 5. The Morgan fingerprint density at radius 2 is 1.69 bits per heavy atom. The second-order valence-electron chi connectivity index (χ2n) is 7.13. The second kappa shape index (κ2) is 8.75. The number of hydrogen-bond acceptors (Lipinski definition) is 7. The highest BCUT2D eigenvalue weighted by Gasteiger charge is 2.30. The summed E-state index contributed by atoms with van der Waals surface area (Å²) >= 11 is 5.81. The highest BCUT2D eigenvalue weighted by atomic mass is 35.5. The number of nitrogens with one attached hydrogen (secondary N) is 2. The molecule has 4 rings (SSSR count). The summed E-state index contributed by atoms with van der Waals surface area (Å²) in [6.45, 7) is 0.796. The lowest BCUT2D eigenvalue weighted by Crippen LogP contribution is -2.24. The zero-order chi connectivity index (χ0) is 22.9. The zero-order valence-electron chi connectivity index (χ0n) is 16.4. The van der Waals surface area contributed by atoms with Crippen LogP contribution in [0.15, 0.2) is 42.5 Å². The first-order valence-corrected chi connectivity index (χ1v) is 9.90. The van der Waals surface area contributed by atoms with Crippen LogP contribution < -0.4 is 15.5 Å². The summed E-state index contributed by atoms with van der Waals surface area (Å²) in [5.41, 5.74) is -0.284. The van der Waals surface area contributed by atoms with Crippen LogP contribution in [0.3, 0.4) is 0 Å². The van der Waals surface area contributed by atoms with Crippen LogP contribution in [-0.4, -0.2) is 39.3 Å². The molecule has 0 radical (unpaired) electrons. The van der Waals surface area contributed by atoms with Gasteiger partial charge in [-0.15, -0.1) is 0 Å². The van der Waals surface area contributed by atoms with Crippen LogP contribution in [0, 0.1) is 5.82 Å². The lowest BCUT2D eigenvalue weighted by atomic mass is 10.2. The number of β-amino-alcohol motifs (C(OH)–C–C–N with tert-alkyl or cyclic N) is 1. The summed E-state index contributed by atoms with van der Waals surface area (Å²) in [6, 6.07) is 8.57. The normalized spacial score (nSPS) is 16.3. The molecule has 32 heavy (non-hydrogen) atoms. The van der Waals surface area contributed by atoms with Gasteiger partial charge in [0.1, 0.15) is 5.82 Å². The number of halogens is 5. The van der Waals surface area contributed by atoms with E-state index < -0.39 is 23.7 Å². The molecule has 0 bridgehead atoms. The van der Waals surface area contributed by atoms with Gasteiger partial charge in [-0.1, -0.05) is 17.7 Å². The van der Waals surface area contributed by atoms with Crippen molar-refractivity contribution in [2.45, 2.75) is 18.7 Å². The van der Waals surface area contributed by atoms with Gasteiger partial charge in [0, 0.05) is 24.5 Å². The lowest BCUT2D eigenvalue weighted by Gasteiger charge is -2.18. The third kappa shape index (κ3) is 5.17. The van der Waals surface area contributed by atoms with E-state index in [2.05, 4.69) is 25.6 Å². The van der Waals surface area contributed by atoms with Gasteiger partial charge in [-0.2, -0.15) is 28.1 Å². The van der Waals surface area contributed by atoms with Gasteiger partial charge in [-0.3, -0.25) is 0 Å². The van der Waals surface area contributed by atoms with E-state index in [9.17, 15) is 22.7 Å². The summed E-state index contributed by atoms with van der Waals surface area (Å²) in [5.74, 6) is -0.312. The number of benzene rings is 2. The number of aliphatic hydroxyl groups excluding tert-OH is 1. The summed E-state index contributed by atoms with van der Waals surface area (Å²) in [6.07, 6.45) is -4.51. The zero-order valence-corrected chi connectivity index (χ0v) is 17.1. The van der Waals surface area contributed by atoms with Gasteiger partial charge >= 0.3 is 6.18 Å². The van der Waals surface area contributed by atoms with Crippen LogP contribution in [0.2, 0.25) is 5.02 Å². The van der Waals surface area contributed by atoms with E-state index in [1.54, 1.807) is 4.90 Å². The molecule has 1 atom stereocenters. The van der Waals surface area contributed by atoms with Gasteiger partial charge in [0.05, 0.1) is 16.7 Å². The van der Waals surface area contributed by atoms with Crippen molar-refractivity contribution in [3.63, 3.8) is 0 Å². The molecule has 0 amide bonds. The number of rotatable bonds is 5. The first-order chi connectivity index (χ1) is 15.2. The third-order valence-electron chi connectivity index (χ3n) is 4.69. The Hall–Kier alpha value is -3.18. The number of aromatic nitrogens is 3. The van der Waals surface area contributed by atoms with Crippen LogP contribution in [0.25, 0.3) is 0 Å². The standard InChI is InChI=1S/C20H17ClF4N6O/c21-15-9-13(4-5-16(15)22)27-18-28-17(29-19(30-18)31-7-6-14(32)10-31)26-12-3-1-2-11(8-12)20(23,24)25/h1-5,8-9,14,32H,6-7,10H2,(H2,26,27,28,29,30). The molecule has 2 heterocycles. The van der Waals surface area contributed by atoms with Crippen LogP contribution in [0.1, 0.15) is 12.0 Å². The smallest absolute Gasteiger partial charge is 0.391 e. The number of alkyl halides is 3. The van der Waals surface area contributed by atoms with E-state index >= 15 is 0 Å². The molecule has 1 aliphatic heterocycles. The molecule has 3 N–H and O–H groups in total. The van der Waals surface area contributed by atoms with Crippen molar-refractivity contribution in [2.75, 3.05) is 28.6 Å². The fourth-order valence-electron chi connectivity index (χ4n) is 3.15. The molecule has 0 aliphatic carbocycles. The minimum Gasteiger partial charge on any atom is -0.391 e. The van der Waals surface area contributed by atoms with Crippen molar-refractivity contribution in [1.82, 2.24) is 15.0 Å². The van der Waals surface area contributed by atoms with E-state index in [4.69, 9.17) is 11.6 Å². The molecule has 168 valence electrons. The van der Waals surface area contributed by atoms with Gasteiger partial charge in [-0.25, -0.2) is 4.39 Å². The Balaban J connectivity index is 1.66. The number of aliphatic hydroxyl groups is 1. The fourth-order valence-corrected chi connectivity index (χ4v) is 3.33. The quantitative estimate of drug-likeness (QED) is 0.466. The first kappa shape index (κ1) is 22.0. The first-order valence-electron chi connectivity index (χ1n) is 9.53. The summed E-state index contributed by atoms with van der Waals surface area (Å²) in [5, 5.41) is 15.4. The van der Waals surface area contributed by atoms with E-state index in [1.165, 1.54) is 30.3 Å². The molecular weight excluding hydrogens is 452 g/mol. The molecule has 12 heteroatoms. The minimum atomic E-state index is -4.50.